The smallest absolute Gasteiger partial charge is 0.342 e. The van der Waals surface area contributed by atoms with Crippen LogP contribution in [0.15, 0.2) is 59.0 Å². The van der Waals surface area contributed by atoms with Crippen LogP contribution in [0.1, 0.15) is 38.1 Å². The van der Waals surface area contributed by atoms with Crippen LogP contribution in [0.4, 0.5) is 0 Å². The summed E-state index contributed by atoms with van der Waals surface area (Å²) in [6, 6.07) is 18.2. The van der Waals surface area contributed by atoms with Crippen molar-refractivity contribution < 1.29 is 13.9 Å². The van der Waals surface area contributed by atoms with Crippen molar-refractivity contribution in [1.82, 2.24) is 4.90 Å². The van der Waals surface area contributed by atoms with Gasteiger partial charge in [-0.25, -0.2) is 4.79 Å². The molecule has 0 N–H and O–H groups in total. The Kier molecular flexibility index (Phi) is 5.97. The minimum atomic E-state index is -0.345. The highest BCUT2D eigenvalue weighted by Crippen LogP contribution is 2.30. The molecule has 3 aromatic rings. The molecule has 27 heavy (non-hydrogen) atoms. The topological polar surface area (TPSA) is 42.7 Å². The fourth-order valence-corrected chi connectivity index (χ4v) is 3.40. The highest BCUT2D eigenvalue weighted by Gasteiger charge is 2.18. The lowest BCUT2D eigenvalue weighted by Gasteiger charge is -2.30. The van der Waals surface area contributed by atoms with Crippen molar-refractivity contribution in [3.63, 3.8) is 0 Å². The third-order valence-electron chi connectivity index (χ3n) is 4.73. The van der Waals surface area contributed by atoms with Crippen molar-refractivity contribution in [2.75, 3.05) is 13.2 Å². The minimum Gasteiger partial charge on any atom is -0.461 e. The van der Waals surface area contributed by atoms with Crippen molar-refractivity contribution in [3.8, 4) is 11.3 Å². The second-order valence-electron chi connectivity index (χ2n) is 7.26. The van der Waals surface area contributed by atoms with Gasteiger partial charge in [-0.05, 0) is 39.8 Å². The molecule has 1 heterocycles. The summed E-state index contributed by atoms with van der Waals surface area (Å²) in [5, 5.41) is 0.897. The molecule has 0 spiro atoms. The number of benzene rings is 2. The van der Waals surface area contributed by atoms with Crippen LogP contribution < -0.4 is 0 Å². The molecule has 2 aromatic carbocycles. The molecule has 4 nitrogen and oxygen atoms in total. The molecule has 0 radical (unpaired) electrons. The van der Waals surface area contributed by atoms with Gasteiger partial charge < -0.3 is 9.15 Å². The number of hydrogen-bond acceptors (Lipinski definition) is 4. The van der Waals surface area contributed by atoms with E-state index in [9.17, 15) is 4.79 Å². The van der Waals surface area contributed by atoms with Gasteiger partial charge in [0.15, 0.2) is 0 Å². The van der Waals surface area contributed by atoms with Gasteiger partial charge in [-0.3, -0.25) is 4.90 Å². The second-order valence-corrected chi connectivity index (χ2v) is 7.26. The van der Waals surface area contributed by atoms with Crippen molar-refractivity contribution in [3.05, 3.63) is 60.2 Å². The summed E-state index contributed by atoms with van der Waals surface area (Å²) in [5.41, 5.74) is 2.03. The van der Waals surface area contributed by atoms with Crippen molar-refractivity contribution in [2.45, 2.75) is 39.8 Å². The molecule has 0 unspecified atom stereocenters. The first-order chi connectivity index (χ1) is 13.0. The van der Waals surface area contributed by atoms with Crippen LogP contribution in [-0.4, -0.2) is 36.1 Å². The lowest BCUT2D eigenvalue weighted by atomic mass is 10.1. The molecule has 0 aliphatic carbocycles. The van der Waals surface area contributed by atoms with Crippen molar-refractivity contribution in [2.24, 2.45) is 0 Å². The third-order valence-corrected chi connectivity index (χ3v) is 4.73. The van der Waals surface area contributed by atoms with Crippen LogP contribution in [0.5, 0.6) is 0 Å². The number of carbonyl (C=O) groups is 1. The SMILES string of the molecule is CC(C)N(CCOC(=O)c1cccc2cc(-c3ccccc3)oc12)C(C)C. The summed E-state index contributed by atoms with van der Waals surface area (Å²) >= 11 is 0. The molecule has 0 amide bonds. The van der Waals surface area contributed by atoms with E-state index in [0.717, 1.165) is 16.7 Å². The lowest BCUT2D eigenvalue weighted by Crippen LogP contribution is -2.39. The van der Waals surface area contributed by atoms with Crippen LogP contribution in [0.2, 0.25) is 0 Å². The average Bonchev–Trinajstić information content (AvgIpc) is 3.09. The number of furan rings is 1. The fourth-order valence-electron chi connectivity index (χ4n) is 3.40. The maximum Gasteiger partial charge on any atom is 0.342 e. The number of hydrogen-bond donors (Lipinski definition) is 0. The summed E-state index contributed by atoms with van der Waals surface area (Å²) in [6.45, 7) is 9.67. The lowest BCUT2D eigenvalue weighted by molar-refractivity contribution is 0.0418. The molecule has 1 aromatic heterocycles. The first-order valence-electron chi connectivity index (χ1n) is 9.48. The highest BCUT2D eigenvalue weighted by atomic mass is 16.5. The molecule has 4 heteroatoms. The number of fused-ring (bicyclic) bond motifs is 1. The Morgan fingerprint density at radius 3 is 2.37 bits per heavy atom. The highest BCUT2D eigenvalue weighted by molar-refractivity contribution is 6.03. The van der Waals surface area contributed by atoms with Gasteiger partial charge in [0.2, 0.25) is 0 Å². The van der Waals surface area contributed by atoms with Crippen LogP contribution in [0, 0.1) is 0 Å². The quantitative estimate of drug-likeness (QED) is 0.528. The summed E-state index contributed by atoms with van der Waals surface area (Å²) in [6.07, 6.45) is 0. The van der Waals surface area contributed by atoms with Gasteiger partial charge in [0.25, 0.3) is 0 Å². The normalized spacial score (nSPS) is 11.7. The first-order valence-corrected chi connectivity index (χ1v) is 9.48. The number of carbonyl (C=O) groups excluding carboxylic acids is 1. The number of nitrogens with zero attached hydrogens (tertiary/aromatic N) is 1. The number of esters is 1. The molecule has 0 atom stereocenters. The molecule has 142 valence electrons. The molecule has 0 bridgehead atoms. The van der Waals surface area contributed by atoms with E-state index in [-0.39, 0.29) is 5.97 Å². The Morgan fingerprint density at radius 2 is 1.70 bits per heavy atom. The number of rotatable bonds is 7. The van der Waals surface area contributed by atoms with E-state index in [1.165, 1.54) is 0 Å². The Morgan fingerprint density at radius 1 is 1.00 bits per heavy atom. The van der Waals surface area contributed by atoms with E-state index in [1.807, 2.05) is 48.5 Å². The summed E-state index contributed by atoms with van der Waals surface area (Å²) in [4.78, 5) is 14.9. The van der Waals surface area contributed by atoms with Gasteiger partial charge >= 0.3 is 5.97 Å². The first kappa shape index (κ1) is 19.2. The Bertz CT molecular complexity index is 888. The average molecular weight is 365 g/mol. The van der Waals surface area contributed by atoms with Crippen LogP contribution in [-0.2, 0) is 4.74 Å². The molecular formula is C23H27NO3. The summed E-state index contributed by atoms with van der Waals surface area (Å²) in [5.74, 6) is 0.402. The van der Waals surface area contributed by atoms with Crippen LogP contribution >= 0.6 is 0 Å². The Labute approximate surface area is 160 Å². The van der Waals surface area contributed by atoms with Gasteiger partial charge in [-0.1, -0.05) is 42.5 Å². The Hall–Kier alpha value is -2.59. The van der Waals surface area contributed by atoms with Crippen molar-refractivity contribution in [1.29, 1.82) is 0 Å². The molecule has 0 aliphatic heterocycles. The second kappa shape index (κ2) is 8.40. The predicted octanol–water partition coefficient (Wildman–Crippen LogP) is 5.38. The number of ether oxygens (including phenoxy) is 1. The van der Waals surface area contributed by atoms with E-state index in [0.29, 0.717) is 36.4 Å². The zero-order valence-electron chi connectivity index (χ0n) is 16.4. The molecule has 0 saturated carbocycles. The fraction of sp³-hybridized carbons (Fsp3) is 0.348. The zero-order valence-corrected chi connectivity index (χ0v) is 16.4. The molecular weight excluding hydrogens is 338 g/mol. The number of para-hydroxylation sites is 1. The molecule has 0 fully saturated rings. The van der Waals surface area contributed by atoms with E-state index < -0.39 is 0 Å². The monoisotopic (exact) mass is 365 g/mol. The van der Waals surface area contributed by atoms with Crippen molar-refractivity contribution >= 4 is 16.9 Å². The van der Waals surface area contributed by atoms with E-state index in [4.69, 9.17) is 9.15 Å². The van der Waals surface area contributed by atoms with Gasteiger partial charge in [-0.2, -0.15) is 0 Å². The maximum atomic E-state index is 12.6. The van der Waals surface area contributed by atoms with E-state index in [2.05, 4.69) is 32.6 Å². The zero-order chi connectivity index (χ0) is 19.4. The van der Waals surface area contributed by atoms with E-state index >= 15 is 0 Å². The van der Waals surface area contributed by atoms with Crippen LogP contribution in [0.3, 0.4) is 0 Å². The maximum absolute atomic E-state index is 12.6. The van der Waals surface area contributed by atoms with Gasteiger partial charge in [0, 0.05) is 29.6 Å². The molecule has 0 saturated heterocycles. The third kappa shape index (κ3) is 4.40. The van der Waals surface area contributed by atoms with Crippen LogP contribution in [0.25, 0.3) is 22.3 Å². The molecule has 0 aliphatic rings. The van der Waals surface area contributed by atoms with Gasteiger partial charge in [0.05, 0.1) is 0 Å². The predicted molar refractivity (Wildman–Crippen MR) is 109 cm³/mol. The summed E-state index contributed by atoms with van der Waals surface area (Å²) < 4.78 is 11.5. The standard InChI is InChI=1S/C23H27NO3/c1-16(2)24(17(3)4)13-14-26-23(25)20-12-8-11-19-15-21(27-22(19)20)18-9-6-5-7-10-18/h5-12,15-17H,13-14H2,1-4H3. The minimum absolute atomic E-state index is 0.345. The Balaban J connectivity index is 1.76. The van der Waals surface area contributed by atoms with Gasteiger partial charge in [0.1, 0.15) is 23.5 Å². The van der Waals surface area contributed by atoms with E-state index in [1.54, 1.807) is 6.07 Å². The van der Waals surface area contributed by atoms with Gasteiger partial charge in [-0.15, -0.1) is 0 Å². The molecule has 3 rings (SSSR count). The summed E-state index contributed by atoms with van der Waals surface area (Å²) in [7, 11) is 0. The largest absolute Gasteiger partial charge is 0.461 e.